The van der Waals surface area contributed by atoms with Gasteiger partial charge in [-0.25, -0.2) is 9.97 Å². The van der Waals surface area contributed by atoms with Crippen molar-refractivity contribution in [3.63, 3.8) is 0 Å². The van der Waals surface area contributed by atoms with Crippen molar-refractivity contribution < 1.29 is 0 Å². The normalized spacial score (nSPS) is 11.2. The van der Waals surface area contributed by atoms with E-state index in [9.17, 15) is 4.79 Å². The molecule has 2 rings (SSSR count). The Labute approximate surface area is 127 Å². The third kappa shape index (κ3) is 2.92. The Hall–Kier alpha value is -0.470. The van der Waals surface area contributed by atoms with Gasteiger partial charge in [0.15, 0.2) is 0 Å². The first-order valence-electron chi connectivity index (χ1n) is 5.33. The van der Waals surface area contributed by atoms with Gasteiger partial charge in [-0.05, 0) is 22.6 Å². The van der Waals surface area contributed by atoms with Gasteiger partial charge in [0.05, 0.1) is 23.6 Å². The van der Waals surface area contributed by atoms with Crippen LogP contribution in [0.15, 0.2) is 16.5 Å². The second-order valence-corrected chi connectivity index (χ2v) is 6.44. The zero-order chi connectivity index (χ0) is 13.3. The lowest BCUT2D eigenvalue weighted by molar-refractivity contribution is 0.710. The molecule has 0 atom stereocenters. The van der Waals surface area contributed by atoms with Crippen LogP contribution in [0, 0.1) is 3.57 Å². The highest BCUT2D eigenvalue weighted by atomic mass is 127. The monoisotopic (exact) mass is 395 g/mol. The highest BCUT2D eigenvalue weighted by Gasteiger charge is 2.10. The highest BCUT2D eigenvalue weighted by molar-refractivity contribution is 14.1. The van der Waals surface area contributed by atoms with Gasteiger partial charge in [-0.15, -0.1) is 11.3 Å². The molecule has 0 saturated heterocycles. The van der Waals surface area contributed by atoms with Gasteiger partial charge in [0.2, 0.25) is 0 Å². The van der Waals surface area contributed by atoms with Crippen LogP contribution < -0.4 is 5.56 Å². The van der Waals surface area contributed by atoms with E-state index in [2.05, 4.69) is 23.8 Å². The van der Waals surface area contributed by atoms with Crippen LogP contribution in [0.5, 0.6) is 0 Å². The Kier molecular flexibility index (Phi) is 4.39. The first kappa shape index (κ1) is 14.0. The molecule has 0 bridgehead atoms. The van der Waals surface area contributed by atoms with Crippen molar-refractivity contribution in [2.24, 2.45) is 0 Å². The van der Waals surface area contributed by atoms with E-state index in [0.29, 0.717) is 16.0 Å². The third-order valence-corrected chi connectivity index (χ3v) is 5.11. The summed E-state index contributed by atoms with van der Waals surface area (Å²) in [4.78, 5) is 20.4. The number of aromatic nitrogens is 3. The Bertz CT molecular complexity index is 623. The SMILES string of the molecule is CC(C)c1nc(Cn2cnc(Cl)c(I)c2=O)cs1. The molecule has 0 aliphatic rings. The number of halogens is 2. The summed E-state index contributed by atoms with van der Waals surface area (Å²) in [6, 6.07) is 0. The molecular weight excluding hydrogens is 385 g/mol. The molecule has 2 heterocycles. The van der Waals surface area contributed by atoms with Crippen molar-refractivity contribution in [1.82, 2.24) is 14.5 Å². The smallest absolute Gasteiger partial charge is 0.268 e. The second-order valence-electron chi connectivity index (χ2n) is 4.11. The molecule has 0 spiro atoms. The quantitative estimate of drug-likeness (QED) is 0.592. The highest BCUT2D eigenvalue weighted by Crippen LogP contribution is 2.19. The minimum absolute atomic E-state index is 0.130. The predicted molar refractivity (Wildman–Crippen MR) is 81.5 cm³/mol. The van der Waals surface area contributed by atoms with Gasteiger partial charge in [-0.2, -0.15) is 0 Å². The van der Waals surface area contributed by atoms with Crippen molar-refractivity contribution in [2.45, 2.75) is 26.3 Å². The van der Waals surface area contributed by atoms with Gasteiger partial charge in [-0.3, -0.25) is 9.36 Å². The van der Waals surface area contributed by atoms with Crippen molar-refractivity contribution in [3.8, 4) is 0 Å². The number of hydrogen-bond acceptors (Lipinski definition) is 4. The molecule has 2 aromatic rings. The molecule has 0 N–H and O–H groups in total. The van der Waals surface area contributed by atoms with Crippen LogP contribution in [0.3, 0.4) is 0 Å². The van der Waals surface area contributed by atoms with E-state index in [1.54, 1.807) is 11.3 Å². The molecule has 0 aliphatic heterocycles. The lowest BCUT2D eigenvalue weighted by atomic mass is 10.2. The Morgan fingerprint density at radius 2 is 2.28 bits per heavy atom. The van der Waals surface area contributed by atoms with Crippen LogP contribution in [0.4, 0.5) is 0 Å². The van der Waals surface area contributed by atoms with Gasteiger partial charge in [0, 0.05) is 11.3 Å². The predicted octanol–water partition coefficient (Wildman–Crippen LogP) is 3.13. The van der Waals surface area contributed by atoms with E-state index in [0.717, 1.165) is 10.7 Å². The molecule has 0 aromatic carbocycles. The number of rotatable bonds is 3. The van der Waals surface area contributed by atoms with Crippen LogP contribution in [0.1, 0.15) is 30.5 Å². The molecule has 7 heteroatoms. The van der Waals surface area contributed by atoms with Crippen molar-refractivity contribution >= 4 is 45.5 Å². The van der Waals surface area contributed by atoms with E-state index in [-0.39, 0.29) is 10.7 Å². The number of thiazole rings is 1. The lowest BCUT2D eigenvalue weighted by Gasteiger charge is -2.04. The Morgan fingerprint density at radius 3 is 2.89 bits per heavy atom. The zero-order valence-corrected chi connectivity index (χ0v) is 13.6. The molecule has 0 saturated carbocycles. The minimum atomic E-state index is -0.130. The first-order chi connectivity index (χ1) is 8.49. The standard InChI is InChI=1S/C11H11ClIN3OS/c1-6(2)10-15-7(4-18-10)3-16-5-14-9(12)8(13)11(16)17/h4-6H,3H2,1-2H3. The fourth-order valence-electron chi connectivity index (χ4n) is 1.39. The Morgan fingerprint density at radius 1 is 1.56 bits per heavy atom. The molecule has 0 amide bonds. The maximum atomic E-state index is 11.9. The summed E-state index contributed by atoms with van der Waals surface area (Å²) in [5.74, 6) is 0.406. The summed E-state index contributed by atoms with van der Waals surface area (Å²) < 4.78 is 1.96. The van der Waals surface area contributed by atoms with Gasteiger partial charge in [0.1, 0.15) is 8.72 Å². The van der Waals surface area contributed by atoms with Crippen LogP contribution in [0.2, 0.25) is 5.15 Å². The maximum Gasteiger partial charge on any atom is 0.268 e. The van der Waals surface area contributed by atoms with E-state index in [4.69, 9.17) is 11.6 Å². The summed E-state index contributed by atoms with van der Waals surface area (Å²) in [5, 5.41) is 3.30. The van der Waals surface area contributed by atoms with Crippen LogP contribution >= 0.6 is 45.5 Å². The average Bonchev–Trinajstić information content (AvgIpc) is 2.79. The zero-order valence-electron chi connectivity index (χ0n) is 9.85. The molecule has 0 aliphatic carbocycles. The van der Waals surface area contributed by atoms with Crippen LogP contribution in [-0.4, -0.2) is 14.5 Å². The van der Waals surface area contributed by atoms with E-state index >= 15 is 0 Å². The largest absolute Gasteiger partial charge is 0.292 e. The fraction of sp³-hybridized carbons (Fsp3) is 0.364. The summed E-state index contributed by atoms with van der Waals surface area (Å²) in [7, 11) is 0. The number of nitrogens with zero attached hydrogens (tertiary/aromatic N) is 3. The first-order valence-corrected chi connectivity index (χ1v) is 7.67. The second kappa shape index (κ2) is 5.66. The topological polar surface area (TPSA) is 47.8 Å². The summed E-state index contributed by atoms with van der Waals surface area (Å²) in [6.07, 6.45) is 1.46. The molecule has 4 nitrogen and oxygen atoms in total. The van der Waals surface area contributed by atoms with Crippen molar-refractivity contribution in [2.75, 3.05) is 0 Å². The molecule has 18 heavy (non-hydrogen) atoms. The van der Waals surface area contributed by atoms with Crippen LogP contribution in [0.25, 0.3) is 0 Å². The Balaban J connectivity index is 2.29. The maximum absolute atomic E-state index is 11.9. The van der Waals surface area contributed by atoms with E-state index in [1.807, 2.05) is 28.0 Å². The summed E-state index contributed by atoms with van der Waals surface area (Å²) in [6.45, 7) is 4.63. The third-order valence-electron chi connectivity index (χ3n) is 2.34. The van der Waals surface area contributed by atoms with Crippen LogP contribution in [-0.2, 0) is 6.54 Å². The molecule has 96 valence electrons. The lowest BCUT2D eigenvalue weighted by Crippen LogP contribution is -2.23. The van der Waals surface area contributed by atoms with Gasteiger partial charge in [0.25, 0.3) is 5.56 Å². The van der Waals surface area contributed by atoms with Gasteiger partial charge < -0.3 is 0 Å². The number of hydrogen-bond donors (Lipinski definition) is 0. The molecule has 2 aromatic heterocycles. The fourth-order valence-corrected chi connectivity index (χ4v) is 2.79. The van der Waals surface area contributed by atoms with Gasteiger partial charge >= 0.3 is 0 Å². The van der Waals surface area contributed by atoms with Crippen molar-refractivity contribution in [1.29, 1.82) is 0 Å². The average molecular weight is 396 g/mol. The summed E-state index contributed by atoms with van der Waals surface area (Å²) >= 11 is 9.31. The molecular formula is C11H11ClIN3OS. The minimum Gasteiger partial charge on any atom is -0.292 e. The molecule has 0 fully saturated rings. The van der Waals surface area contributed by atoms with Gasteiger partial charge in [-0.1, -0.05) is 25.4 Å². The van der Waals surface area contributed by atoms with E-state index in [1.165, 1.54) is 10.9 Å². The van der Waals surface area contributed by atoms with Crippen molar-refractivity contribution in [3.05, 3.63) is 41.5 Å². The summed E-state index contributed by atoms with van der Waals surface area (Å²) in [5.41, 5.74) is 0.750. The van der Waals surface area contributed by atoms with E-state index < -0.39 is 0 Å². The molecule has 0 unspecified atom stereocenters. The molecule has 0 radical (unpaired) electrons.